The smallest absolute Gasteiger partial charge is 0.191 e. The first-order valence-electron chi connectivity index (χ1n) is 8.44. The SMILES string of the molecule is CN=C(NCCCCCOC)NC(C)Cc1c(C)nn(C)c1C.I. The lowest BCUT2D eigenvalue weighted by molar-refractivity contribution is 0.192. The van der Waals surface area contributed by atoms with Crippen molar-refractivity contribution < 1.29 is 4.74 Å². The average molecular weight is 451 g/mol. The number of nitrogens with one attached hydrogen (secondary N) is 2. The fourth-order valence-corrected chi connectivity index (χ4v) is 2.65. The van der Waals surface area contributed by atoms with Crippen LogP contribution in [0.3, 0.4) is 0 Å². The Balaban J connectivity index is 0.00000529. The normalized spacial score (nSPS) is 12.7. The van der Waals surface area contributed by atoms with Crippen LogP contribution in [0.15, 0.2) is 4.99 Å². The molecule has 0 radical (unpaired) electrons. The summed E-state index contributed by atoms with van der Waals surface area (Å²) in [7, 11) is 5.55. The molecule has 0 saturated heterocycles. The topological polar surface area (TPSA) is 63.5 Å². The molecule has 0 spiro atoms. The first-order chi connectivity index (χ1) is 11.0. The van der Waals surface area contributed by atoms with E-state index in [1.807, 2.05) is 18.8 Å². The molecule has 2 N–H and O–H groups in total. The van der Waals surface area contributed by atoms with Crippen LogP contribution in [0.2, 0.25) is 0 Å². The molecule has 1 rings (SSSR count). The molecule has 1 aromatic rings. The third kappa shape index (κ3) is 7.83. The Morgan fingerprint density at radius 3 is 2.54 bits per heavy atom. The lowest BCUT2D eigenvalue weighted by Gasteiger charge is -2.18. The Hall–Kier alpha value is -0.830. The second-order valence-corrected chi connectivity index (χ2v) is 6.07. The molecule has 0 bridgehead atoms. The van der Waals surface area contributed by atoms with E-state index in [0.717, 1.165) is 44.1 Å². The number of rotatable bonds is 9. The van der Waals surface area contributed by atoms with E-state index in [1.54, 1.807) is 7.11 Å². The highest BCUT2D eigenvalue weighted by atomic mass is 127. The van der Waals surface area contributed by atoms with Gasteiger partial charge in [0.2, 0.25) is 0 Å². The summed E-state index contributed by atoms with van der Waals surface area (Å²) in [6.45, 7) is 8.14. The van der Waals surface area contributed by atoms with E-state index in [1.165, 1.54) is 17.7 Å². The Morgan fingerprint density at radius 2 is 2.00 bits per heavy atom. The second-order valence-electron chi connectivity index (χ2n) is 6.07. The number of hydrogen-bond donors (Lipinski definition) is 2. The van der Waals surface area contributed by atoms with Gasteiger partial charge in [-0.15, -0.1) is 24.0 Å². The number of aryl methyl sites for hydroxylation is 2. The molecule has 1 atom stereocenters. The molecule has 6 nitrogen and oxygen atoms in total. The Morgan fingerprint density at radius 1 is 1.29 bits per heavy atom. The van der Waals surface area contributed by atoms with Crippen LogP contribution in [0.25, 0.3) is 0 Å². The minimum atomic E-state index is 0. The maximum absolute atomic E-state index is 5.06. The van der Waals surface area contributed by atoms with Gasteiger partial charge in [0, 0.05) is 46.1 Å². The number of aliphatic imine (C=N–C) groups is 1. The molecule has 0 aromatic carbocycles. The predicted molar refractivity (Wildman–Crippen MR) is 111 cm³/mol. The number of ether oxygens (including phenoxy) is 1. The average Bonchev–Trinajstić information content (AvgIpc) is 2.76. The molecular weight excluding hydrogens is 417 g/mol. The van der Waals surface area contributed by atoms with E-state index in [9.17, 15) is 0 Å². The molecule has 0 aliphatic carbocycles. The maximum Gasteiger partial charge on any atom is 0.191 e. The van der Waals surface area contributed by atoms with Gasteiger partial charge in [0.1, 0.15) is 0 Å². The molecule has 0 aliphatic rings. The number of aromatic nitrogens is 2. The first-order valence-corrected chi connectivity index (χ1v) is 8.44. The minimum absolute atomic E-state index is 0. The zero-order valence-electron chi connectivity index (χ0n) is 16.0. The van der Waals surface area contributed by atoms with E-state index < -0.39 is 0 Å². The lowest BCUT2D eigenvalue weighted by Crippen LogP contribution is -2.43. The fourth-order valence-electron chi connectivity index (χ4n) is 2.65. The quantitative estimate of drug-likeness (QED) is 0.262. The van der Waals surface area contributed by atoms with Crippen LogP contribution in [0.4, 0.5) is 0 Å². The van der Waals surface area contributed by atoms with Gasteiger partial charge in [0.05, 0.1) is 5.69 Å². The molecule has 0 amide bonds. The van der Waals surface area contributed by atoms with Crippen LogP contribution in [-0.4, -0.2) is 49.1 Å². The summed E-state index contributed by atoms with van der Waals surface area (Å²) in [5.41, 5.74) is 3.67. The molecule has 1 aromatic heterocycles. The van der Waals surface area contributed by atoms with Crippen molar-refractivity contribution in [1.29, 1.82) is 0 Å². The van der Waals surface area contributed by atoms with Gasteiger partial charge in [-0.1, -0.05) is 0 Å². The van der Waals surface area contributed by atoms with Crippen molar-refractivity contribution in [3.8, 4) is 0 Å². The zero-order valence-corrected chi connectivity index (χ0v) is 18.3. The van der Waals surface area contributed by atoms with Gasteiger partial charge in [-0.2, -0.15) is 5.10 Å². The Kier molecular flexibility index (Phi) is 12.1. The monoisotopic (exact) mass is 451 g/mol. The number of nitrogens with zero attached hydrogens (tertiary/aromatic N) is 3. The molecule has 7 heteroatoms. The minimum Gasteiger partial charge on any atom is -0.385 e. The van der Waals surface area contributed by atoms with Crippen molar-refractivity contribution >= 4 is 29.9 Å². The highest BCUT2D eigenvalue weighted by Gasteiger charge is 2.13. The lowest BCUT2D eigenvalue weighted by atomic mass is 10.1. The standard InChI is InChI=1S/C17H33N5O.HI/c1-13(12-16-14(2)21-22(5)15(16)3)20-17(18-4)19-10-8-7-9-11-23-6;/h13H,7-12H2,1-6H3,(H2,18,19,20);1H. The van der Waals surface area contributed by atoms with Gasteiger partial charge < -0.3 is 15.4 Å². The Bertz CT molecular complexity index is 501. The van der Waals surface area contributed by atoms with Crippen LogP contribution in [0.1, 0.15) is 43.1 Å². The molecule has 0 saturated carbocycles. The number of hydrogen-bond acceptors (Lipinski definition) is 3. The van der Waals surface area contributed by atoms with Gasteiger partial charge in [-0.3, -0.25) is 9.67 Å². The largest absolute Gasteiger partial charge is 0.385 e. The van der Waals surface area contributed by atoms with Gasteiger partial charge in [-0.25, -0.2) is 0 Å². The third-order valence-corrected chi connectivity index (χ3v) is 4.09. The van der Waals surface area contributed by atoms with Gasteiger partial charge >= 0.3 is 0 Å². The Labute approximate surface area is 163 Å². The van der Waals surface area contributed by atoms with E-state index in [2.05, 4.69) is 41.5 Å². The molecule has 24 heavy (non-hydrogen) atoms. The summed E-state index contributed by atoms with van der Waals surface area (Å²) in [5, 5.41) is 11.3. The first kappa shape index (κ1) is 23.2. The van der Waals surface area contributed by atoms with Crippen LogP contribution in [0.5, 0.6) is 0 Å². The summed E-state index contributed by atoms with van der Waals surface area (Å²) >= 11 is 0. The molecular formula is C17H34IN5O. The van der Waals surface area contributed by atoms with Crippen molar-refractivity contribution in [1.82, 2.24) is 20.4 Å². The molecule has 0 fully saturated rings. The van der Waals surface area contributed by atoms with Crippen LogP contribution in [0, 0.1) is 13.8 Å². The molecule has 0 aliphatic heterocycles. The van der Waals surface area contributed by atoms with Crippen LogP contribution >= 0.6 is 24.0 Å². The summed E-state index contributed by atoms with van der Waals surface area (Å²) < 4.78 is 7.01. The number of unbranched alkanes of at least 4 members (excludes halogenated alkanes) is 2. The molecule has 1 unspecified atom stereocenters. The number of guanidine groups is 1. The third-order valence-electron chi connectivity index (χ3n) is 4.09. The van der Waals surface area contributed by atoms with Gasteiger partial charge in [0.15, 0.2) is 5.96 Å². The fraction of sp³-hybridized carbons (Fsp3) is 0.765. The van der Waals surface area contributed by atoms with Crippen molar-refractivity contribution in [2.24, 2.45) is 12.0 Å². The highest BCUT2D eigenvalue weighted by Crippen LogP contribution is 2.14. The summed E-state index contributed by atoms with van der Waals surface area (Å²) in [6.07, 6.45) is 4.35. The van der Waals surface area contributed by atoms with Gasteiger partial charge in [0.25, 0.3) is 0 Å². The number of halogens is 1. The summed E-state index contributed by atoms with van der Waals surface area (Å²) in [5.74, 6) is 0.864. The summed E-state index contributed by atoms with van der Waals surface area (Å²) in [4.78, 5) is 4.30. The van der Waals surface area contributed by atoms with Crippen LogP contribution < -0.4 is 10.6 Å². The van der Waals surface area contributed by atoms with E-state index in [-0.39, 0.29) is 24.0 Å². The van der Waals surface area contributed by atoms with Crippen molar-refractivity contribution in [3.05, 3.63) is 17.0 Å². The highest BCUT2D eigenvalue weighted by molar-refractivity contribution is 14.0. The predicted octanol–water partition coefficient (Wildman–Crippen LogP) is 2.57. The summed E-state index contributed by atoms with van der Waals surface area (Å²) in [6, 6.07) is 0.302. The molecule has 1 heterocycles. The zero-order chi connectivity index (χ0) is 17.2. The molecule has 140 valence electrons. The maximum atomic E-state index is 5.06. The van der Waals surface area contributed by atoms with Crippen molar-refractivity contribution in [3.63, 3.8) is 0 Å². The van der Waals surface area contributed by atoms with Gasteiger partial charge in [-0.05, 0) is 52.0 Å². The second kappa shape index (κ2) is 12.5. The van der Waals surface area contributed by atoms with Crippen LogP contribution in [-0.2, 0) is 18.2 Å². The van der Waals surface area contributed by atoms with E-state index >= 15 is 0 Å². The van der Waals surface area contributed by atoms with Crippen molar-refractivity contribution in [2.75, 3.05) is 27.3 Å². The van der Waals surface area contributed by atoms with E-state index in [0.29, 0.717) is 6.04 Å². The van der Waals surface area contributed by atoms with Crippen molar-refractivity contribution in [2.45, 2.75) is 52.5 Å². The number of methoxy groups -OCH3 is 1. The van der Waals surface area contributed by atoms with E-state index in [4.69, 9.17) is 4.74 Å².